The fourth-order valence-corrected chi connectivity index (χ4v) is 3.62. The van der Waals surface area contributed by atoms with Crippen LogP contribution in [-0.2, 0) is 4.79 Å². The minimum Gasteiger partial charge on any atom is -0.328 e. The number of nitrogens with one attached hydrogen (secondary N) is 1. The van der Waals surface area contributed by atoms with E-state index in [1.54, 1.807) is 16.8 Å². The third-order valence-electron chi connectivity index (χ3n) is 4.96. The maximum Gasteiger partial charge on any atom is 0.227 e. The van der Waals surface area contributed by atoms with E-state index in [-0.39, 0.29) is 17.9 Å². The number of aromatic nitrogens is 4. The smallest absolute Gasteiger partial charge is 0.227 e. The van der Waals surface area contributed by atoms with Crippen molar-refractivity contribution in [1.82, 2.24) is 20.2 Å². The first-order valence-electron chi connectivity index (χ1n) is 8.76. The van der Waals surface area contributed by atoms with Crippen LogP contribution in [0.15, 0.2) is 18.2 Å². The number of rotatable bonds is 4. The fraction of sp³-hybridized carbons (Fsp3) is 0.529. The Hall–Kier alpha value is -1.99. The molecule has 7 nitrogen and oxygen atoms in total. The summed E-state index contributed by atoms with van der Waals surface area (Å²) < 4.78 is 1.67. The third kappa shape index (κ3) is 3.52. The molecule has 2 saturated carbocycles. The van der Waals surface area contributed by atoms with Crippen molar-refractivity contribution in [3.05, 3.63) is 29.0 Å². The standard InChI is InChI=1S/C17H21ClN6O/c18-14-7-6-13(20-17(25)11-2-1-3-12(19)8-11)9-15(14)24-16(10-4-5-10)21-22-23-24/h6-7,9-12H,1-5,8,19H2,(H,20,25). The summed E-state index contributed by atoms with van der Waals surface area (Å²) in [5.74, 6) is 1.21. The van der Waals surface area contributed by atoms with Gasteiger partial charge in [0.05, 0.1) is 10.7 Å². The van der Waals surface area contributed by atoms with Crippen LogP contribution in [0, 0.1) is 5.92 Å². The van der Waals surface area contributed by atoms with Gasteiger partial charge >= 0.3 is 0 Å². The van der Waals surface area contributed by atoms with Gasteiger partial charge in [-0.05, 0) is 60.7 Å². The molecule has 0 radical (unpaired) electrons. The van der Waals surface area contributed by atoms with Gasteiger partial charge in [-0.3, -0.25) is 4.79 Å². The van der Waals surface area contributed by atoms with E-state index in [1.807, 2.05) is 6.07 Å². The molecule has 132 valence electrons. The van der Waals surface area contributed by atoms with Gasteiger partial charge < -0.3 is 11.1 Å². The highest BCUT2D eigenvalue weighted by Crippen LogP contribution is 2.40. The van der Waals surface area contributed by atoms with Crippen LogP contribution in [0.1, 0.15) is 50.3 Å². The summed E-state index contributed by atoms with van der Waals surface area (Å²) >= 11 is 6.34. The van der Waals surface area contributed by atoms with Crippen LogP contribution < -0.4 is 11.1 Å². The summed E-state index contributed by atoms with van der Waals surface area (Å²) in [6, 6.07) is 5.50. The Morgan fingerprint density at radius 2 is 2.12 bits per heavy atom. The predicted molar refractivity (Wildman–Crippen MR) is 94.7 cm³/mol. The number of benzene rings is 1. The number of anilines is 1. The molecule has 1 amide bonds. The van der Waals surface area contributed by atoms with E-state index in [0.29, 0.717) is 22.3 Å². The molecule has 1 aromatic carbocycles. The highest BCUT2D eigenvalue weighted by atomic mass is 35.5. The molecule has 2 atom stereocenters. The molecule has 0 saturated heterocycles. The van der Waals surface area contributed by atoms with Crippen molar-refractivity contribution in [3.63, 3.8) is 0 Å². The Labute approximate surface area is 150 Å². The van der Waals surface area contributed by atoms with Gasteiger partial charge in [-0.1, -0.05) is 18.0 Å². The van der Waals surface area contributed by atoms with Crippen LogP contribution in [0.5, 0.6) is 0 Å². The zero-order valence-electron chi connectivity index (χ0n) is 13.9. The molecular formula is C17H21ClN6O. The zero-order valence-corrected chi connectivity index (χ0v) is 14.6. The van der Waals surface area contributed by atoms with Gasteiger partial charge in [-0.25, -0.2) is 0 Å². The lowest BCUT2D eigenvalue weighted by atomic mass is 9.85. The fourth-order valence-electron chi connectivity index (χ4n) is 3.42. The van der Waals surface area contributed by atoms with E-state index in [4.69, 9.17) is 17.3 Å². The van der Waals surface area contributed by atoms with E-state index in [0.717, 1.165) is 44.3 Å². The van der Waals surface area contributed by atoms with Gasteiger partial charge in [0.25, 0.3) is 0 Å². The second kappa shape index (κ2) is 6.72. The van der Waals surface area contributed by atoms with Gasteiger partial charge in [0.2, 0.25) is 5.91 Å². The normalized spacial score (nSPS) is 23.4. The quantitative estimate of drug-likeness (QED) is 0.873. The van der Waals surface area contributed by atoms with Crippen LogP contribution in [-0.4, -0.2) is 32.2 Å². The van der Waals surface area contributed by atoms with Gasteiger partial charge in [-0.15, -0.1) is 5.10 Å². The molecule has 0 spiro atoms. The Morgan fingerprint density at radius 1 is 1.28 bits per heavy atom. The number of carbonyl (C=O) groups is 1. The largest absolute Gasteiger partial charge is 0.328 e. The average molecular weight is 361 g/mol. The molecular weight excluding hydrogens is 340 g/mol. The molecule has 2 aliphatic carbocycles. The topological polar surface area (TPSA) is 98.7 Å². The van der Waals surface area contributed by atoms with Crippen molar-refractivity contribution in [2.75, 3.05) is 5.32 Å². The van der Waals surface area contributed by atoms with Crippen molar-refractivity contribution >= 4 is 23.2 Å². The predicted octanol–water partition coefficient (Wildman–Crippen LogP) is 2.65. The molecule has 2 aliphatic rings. The number of tetrazole rings is 1. The lowest BCUT2D eigenvalue weighted by Crippen LogP contribution is -2.34. The number of amides is 1. The molecule has 2 unspecified atom stereocenters. The molecule has 2 aromatic rings. The van der Waals surface area contributed by atoms with Gasteiger partial charge in [0, 0.05) is 23.6 Å². The van der Waals surface area contributed by atoms with Crippen LogP contribution in [0.2, 0.25) is 5.02 Å². The Morgan fingerprint density at radius 3 is 2.88 bits per heavy atom. The Bertz CT molecular complexity index is 787. The number of carbonyl (C=O) groups excluding carboxylic acids is 1. The first-order valence-corrected chi connectivity index (χ1v) is 9.14. The van der Waals surface area contributed by atoms with Crippen molar-refractivity contribution in [3.8, 4) is 5.69 Å². The lowest BCUT2D eigenvalue weighted by molar-refractivity contribution is -0.120. The molecule has 3 N–H and O–H groups in total. The molecule has 25 heavy (non-hydrogen) atoms. The SMILES string of the molecule is NC1CCCC(C(=O)Nc2ccc(Cl)c(-n3nnnc3C3CC3)c2)C1. The molecule has 2 fully saturated rings. The van der Waals surface area contributed by atoms with Gasteiger partial charge in [0.1, 0.15) is 0 Å². The summed E-state index contributed by atoms with van der Waals surface area (Å²) in [5.41, 5.74) is 7.37. The van der Waals surface area contributed by atoms with E-state index < -0.39 is 0 Å². The molecule has 1 aromatic heterocycles. The van der Waals surface area contributed by atoms with Gasteiger partial charge in [0.15, 0.2) is 5.82 Å². The molecule has 0 bridgehead atoms. The van der Waals surface area contributed by atoms with Crippen molar-refractivity contribution in [1.29, 1.82) is 0 Å². The summed E-state index contributed by atoms with van der Waals surface area (Å²) in [7, 11) is 0. The first kappa shape index (κ1) is 16.5. The lowest BCUT2D eigenvalue weighted by Gasteiger charge is -2.25. The van der Waals surface area contributed by atoms with Crippen LogP contribution >= 0.6 is 11.6 Å². The second-order valence-electron chi connectivity index (χ2n) is 7.00. The Kier molecular flexibility index (Phi) is 4.43. The van der Waals surface area contributed by atoms with Crippen LogP contribution in [0.3, 0.4) is 0 Å². The minimum absolute atomic E-state index is 0.0163. The summed E-state index contributed by atoms with van der Waals surface area (Å²) in [5, 5.41) is 15.5. The van der Waals surface area contributed by atoms with Crippen molar-refractivity contribution < 1.29 is 4.79 Å². The second-order valence-corrected chi connectivity index (χ2v) is 7.41. The number of nitrogens with two attached hydrogens (primary N) is 1. The highest BCUT2D eigenvalue weighted by Gasteiger charge is 2.30. The van der Waals surface area contributed by atoms with Crippen molar-refractivity contribution in [2.45, 2.75) is 50.5 Å². The number of hydrogen-bond acceptors (Lipinski definition) is 5. The minimum atomic E-state index is -0.0297. The molecule has 1 heterocycles. The van der Waals surface area contributed by atoms with Gasteiger partial charge in [-0.2, -0.15) is 4.68 Å². The monoisotopic (exact) mass is 360 g/mol. The summed E-state index contributed by atoms with van der Waals surface area (Å²) in [6.07, 6.45) is 5.81. The maximum absolute atomic E-state index is 12.5. The van der Waals surface area contributed by atoms with E-state index in [1.165, 1.54) is 0 Å². The summed E-state index contributed by atoms with van der Waals surface area (Å²) in [6.45, 7) is 0. The van der Waals surface area contributed by atoms with E-state index >= 15 is 0 Å². The average Bonchev–Trinajstić information content (AvgIpc) is 3.34. The van der Waals surface area contributed by atoms with E-state index in [9.17, 15) is 4.79 Å². The zero-order chi connectivity index (χ0) is 17.4. The Balaban J connectivity index is 1.55. The molecule has 0 aliphatic heterocycles. The molecule has 8 heteroatoms. The molecule has 4 rings (SSSR count). The number of hydrogen-bond donors (Lipinski definition) is 2. The number of halogens is 1. The maximum atomic E-state index is 12.5. The van der Waals surface area contributed by atoms with Crippen LogP contribution in [0.4, 0.5) is 5.69 Å². The number of nitrogens with zero attached hydrogens (tertiary/aromatic N) is 4. The van der Waals surface area contributed by atoms with E-state index in [2.05, 4.69) is 20.8 Å². The van der Waals surface area contributed by atoms with Crippen molar-refractivity contribution in [2.24, 2.45) is 11.7 Å². The highest BCUT2D eigenvalue weighted by molar-refractivity contribution is 6.32. The van der Waals surface area contributed by atoms with Crippen LogP contribution in [0.25, 0.3) is 5.69 Å². The third-order valence-corrected chi connectivity index (χ3v) is 5.28. The summed E-state index contributed by atoms with van der Waals surface area (Å²) in [4.78, 5) is 12.5. The first-order chi connectivity index (χ1) is 12.1.